The average molecular weight is 405 g/mol. The van der Waals surface area contributed by atoms with Crippen molar-refractivity contribution >= 4 is 23.6 Å². The van der Waals surface area contributed by atoms with Crippen LogP contribution in [-0.4, -0.2) is 43.8 Å². The van der Waals surface area contributed by atoms with Gasteiger partial charge in [-0.2, -0.15) is 0 Å². The van der Waals surface area contributed by atoms with Crippen molar-refractivity contribution < 1.29 is 14.0 Å². The molecular formula is C19H24FN5O2S. The van der Waals surface area contributed by atoms with Crippen LogP contribution in [0, 0.1) is 5.82 Å². The molecule has 0 spiro atoms. The fourth-order valence-electron chi connectivity index (χ4n) is 2.97. The Morgan fingerprint density at radius 1 is 1.39 bits per heavy atom. The highest BCUT2D eigenvalue weighted by atomic mass is 32.2. The number of primary amides is 1. The number of nitrogens with two attached hydrogens (primary N) is 1. The highest BCUT2D eigenvalue weighted by molar-refractivity contribution is 8.00. The molecule has 1 unspecified atom stereocenters. The molecule has 2 N–H and O–H groups in total. The Morgan fingerprint density at radius 2 is 2.14 bits per heavy atom. The van der Waals surface area contributed by atoms with E-state index < -0.39 is 5.25 Å². The Kier molecular flexibility index (Phi) is 6.33. The summed E-state index contributed by atoms with van der Waals surface area (Å²) in [6, 6.07) is 6.21. The predicted molar refractivity (Wildman–Crippen MR) is 104 cm³/mol. The molecule has 1 aliphatic rings. The first-order valence-corrected chi connectivity index (χ1v) is 10.1. The van der Waals surface area contributed by atoms with E-state index in [2.05, 4.69) is 10.2 Å². The summed E-state index contributed by atoms with van der Waals surface area (Å²) in [5.74, 6) is 0.431. The number of rotatable bonds is 9. The maximum atomic E-state index is 13.4. The minimum absolute atomic E-state index is 0.0910. The average Bonchev–Trinajstić information content (AvgIpc) is 3.41. The van der Waals surface area contributed by atoms with Crippen LogP contribution in [0.1, 0.15) is 43.5 Å². The third-order valence-electron chi connectivity index (χ3n) is 4.58. The molecule has 7 nitrogen and oxygen atoms in total. The van der Waals surface area contributed by atoms with Crippen LogP contribution in [0.2, 0.25) is 0 Å². The van der Waals surface area contributed by atoms with Crippen LogP contribution in [0.5, 0.6) is 0 Å². The topological polar surface area (TPSA) is 94.1 Å². The monoisotopic (exact) mass is 405 g/mol. The second-order valence-electron chi connectivity index (χ2n) is 7.07. The summed E-state index contributed by atoms with van der Waals surface area (Å²) in [4.78, 5) is 25.5. The number of hydrogen-bond donors (Lipinski definition) is 1. The number of amides is 2. The molecule has 0 aliphatic heterocycles. The zero-order valence-corrected chi connectivity index (χ0v) is 16.8. The molecular weight excluding hydrogens is 381 g/mol. The van der Waals surface area contributed by atoms with E-state index in [1.807, 2.05) is 4.57 Å². The molecule has 0 bridgehead atoms. The van der Waals surface area contributed by atoms with Crippen LogP contribution in [0.25, 0.3) is 0 Å². The molecule has 0 saturated heterocycles. The number of aromatic nitrogens is 3. The molecule has 1 aromatic heterocycles. The second-order valence-corrected chi connectivity index (χ2v) is 8.38. The van der Waals surface area contributed by atoms with Gasteiger partial charge in [-0.25, -0.2) is 4.39 Å². The standard InChI is InChI=1S/C19H24FN5O2S/c1-12(18(27)24(2)11-13-4-3-5-15(20)10-13)28-19-23-22-17(14-6-7-14)25(19)9-8-16(21)26/h3-5,10,12,14H,6-9,11H2,1-2H3,(H2,21,26). The predicted octanol–water partition coefficient (Wildman–Crippen LogP) is 2.31. The lowest BCUT2D eigenvalue weighted by atomic mass is 10.2. The lowest BCUT2D eigenvalue weighted by Gasteiger charge is -2.21. The minimum Gasteiger partial charge on any atom is -0.370 e. The van der Waals surface area contributed by atoms with Crippen molar-refractivity contribution in [2.24, 2.45) is 5.73 Å². The minimum atomic E-state index is -0.401. The zero-order valence-electron chi connectivity index (χ0n) is 16.0. The van der Waals surface area contributed by atoms with Gasteiger partial charge in [-0.15, -0.1) is 10.2 Å². The van der Waals surface area contributed by atoms with E-state index >= 15 is 0 Å². The van der Waals surface area contributed by atoms with Crippen LogP contribution in [0.15, 0.2) is 29.4 Å². The highest BCUT2D eigenvalue weighted by Crippen LogP contribution is 2.40. The van der Waals surface area contributed by atoms with E-state index in [1.165, 1.54) is 23.9 Å². The van der Waals surface area contributed by atoms with Crippen molar-refractivity contribution in [3.8, 4) is 0 Å². The van der Waals surface area contributed by atoms with Gasteiger partial charge in [0.15, 0.2) is 5.16 Å². The number of carbonyl (C=O) groups is 2. The second kappa shape index (κ2) is 8.72. The van der Waals surface area contributed by atoms with Gasteiger partial charge in [-0.05, 0) is 37.5 Å². The van der Waals surface area contributed by atoms with Gasteiger partial charge in [0, 0.05) is 32.5 Å². The number of halogens is 1. The van der Waals surface area contributed by atoms with Gasteiger partial charge in [0.2, 0.25) is 11.8 Å². The summed E-state index contributed by atoms with van der Waals surface area (Å²) in [5.41, 5.74) is 6.02. The largest absolute Gasteiger partial charge is 0.370 e. The fourth-order valence-corrected chi connectivity index (χ4v) is 3.97. The Morgan fingerprint density at radius 3 is 2.79 bits per heavy atom. The van der Waals surface area contributed by atoms with Gasteiger partial charge in [0.1, 0.15) is 11.6 Å². The van der Waals surface area contributed by atoms with Crippen molar-refractivity contribution in [2.45, 2.75) is 55.6 Å². The van der Waals surface area contributed by atoms with E-state index in [1.54, 1.807) is 31.0 Å². The normalized spacial score (nSPS) is 14.7. The van der Waals surface area contributed by atoms with Gasteiger partial charge in [-0.3, -0.25) is 9.59 Å². The Bertz CT molecular complexity index is 868. The quantitative estimate of drug-likeness (QED) is 0.646. The Balaban J connectivity index is 1.66. The van der Waals surface area contributed by atoms with Crippen LogP contribution in [-0.2, 0) is 22.7 Å². The molecule has 0 radical (unpaired) electrons. The molecule has 1 heterocycles. The summed E-state index contributed by atoms with van der Waals surface area (Å²) in [6.45, 7) is 2.54. The maximum absolute atomic E-state index is 13.4. The van der Waals surface area contributed by atoms with Gasteiger partial charge >= 0.3 is 0 Å². The van der Waals surface area contributed by atoms with Crippen molar-refractivity contribution in [1.29, 1.82) is 0 Å². The van der Waals surface area contributed by atoms with Gasteiger partial charge in [-0.1, -0.05) is 23.9 Å². The third-order valence-corrected chi connectivity index (χ3v) is 5.65. The van der Waals surface area contributed by atoms with Gasteiger partial charge in [0.25, 0.3) is 0 Å². The fraction of sp³-hybridized carbons (Fsp3) is 0.474. The third kappa shape index (κ3) is 5.09. The van der Waals surface area contributed by atoms with Crippen molar-refractivity contribution in [3.63, 3.8) is 0 Å². The molecule has 1 fully saturated rings. The lowest BCUT2D eigenvalue weighted by molar-refractivity contribution is -0.129. The zero-order chi connectivity index (χ0) is 20.3. The Hall–Kier alpha value is -2.42. The number of nitrogens with zero attached hydrogens (tertiary/aromatic N) is 4. The number of carbonyl (C=O) groups excluding carboxylic acids is 2. The molecule has 28 heavy (non-hydrogen) atoms. The van der Waals surface area contributed by atoms with Crippen LogP contribution in [0.4, 0.5) is 4.39 Å². The van der Waals surface area contributed by atoms with E-state index in [4.69, 9.17) is 5.73 Å². The summed E-state index contributed by atoms with van der Waals surface area (Å²) < 4.78 is 15.3. The number of benzene rings is 1. The molecule has 1 atom stereocenters. The molecule has 1 aromatic carbocycles. The summed E-state index contributed by atoms with van der Waals surface area (Å²) >= 11 is 1.31. The summed E-state index contributed by atoms with van der Waals surface area (Å²) in [6.07, 6.45) is 2.32. The van der Waals surface area contributed by atoms with E-state index in [0.29, 0.717) is 24.2 Å². The summed E-state index contributed by atoms with van der Waals surface area (Å²) in [7, 11) is 1.69. The maximum Gasteiger partial charge on any atom is 0.235 e. The number of hydrogen-bond acceptors (Lipinski definition) is 5. The molecule has 1 saturated carbocycles. The smallest absolute Gasteiger partial charge is 0.235 e. The molecule has 9 heteroatoms. The van der Waals surface area contributed by atoms with Crippen molar-refractivity contribution in [3.05, 3.63) is 41.5 Å². The molecule has 3 rings (SSSR count). The first-order chi connectivity index (χ1) is 13.3. The SMILES string of the molecule is CC(Sc1nnc(C2CC2)n1CCC(N)=O)C(=O)N(C)Cc1cccc(F)c1. The van der Waals surface area contributed by atoms with Crippen LogP contribution >= 0.6 is 11.8 Å². The first kappa shape index (κ1) is 20.3. The van der Waals surface area contributed by atoms with Crippen molar-refractivity contribution in [1.82, 2.24) is 19.7 Å². The van der Waals surface area contributed by atoms with E-state index in [-0.39, 0.29) is 24.1 Å². The first-order valence-electron chi connectivity index (χ1n) is 9.22. The molecule has 1 aliphatic carbocycles. The molecule has 2 amide bonds. The van der Waals surface area contributed by atoms with Crippen LogP contribution < -0.4 is 5.73 Å². The highest BCUT2D eigenvalue weighted by Gasteiger charge is 2.31. The lowest BCUT2D eigenvalue weighted by Crippen LogP contribution is -2.33. The van der Waals surface area contributed by atoms with Gasteiger partial charge < -0.3 is 15.2 Å². The van der Waals surface area contributed by atoms with Gasteiger partial charge in [0.05, 0.1) is 5.25 Å². The van der Waals surface area contributed by atoms with Crippen LogP contribution in [0.3, 0.4) is 0 Å². The molecule has 2 aromatic rings. The Labute approximate surface area is 167 Å². The number of thioether (sulfide) groups is 1. The molecule has 150 valence electrons. The van der Waals surface area contributed by atoms with E-state index in [9.17, 15) is 14.0 Å². The summed E-state index contributed by atoms with van der Waals surface area (Å²) in [5, 5.41) is 8.71. The van der Waals surface area contributed by atoms with Crippen molar-refractivity contribution in [2.75, 3.05) is 7.05 Å². The van der Waals surface area contributed by atoms with E-state index in [0.717, 1.165) is 24.2 Å².